The Kier molecular flexibility index (Phi) is 6.73. The molecule has 0 saturated heterocycles. The lowest BCUT2D eigenvalue weighted by atomic mass is 10.2. The molecule has 0 unspecified atom stereocenters. The predicted octanol–water partition coefficient (Wildman–Crippen LogP) is 3.58. The summed E-state index contributed by atoms with van der Waals surface area (Å²) in [5, 5.41) is 17.7. The Bertz CT molecular complexity index is 764. The number of benzene rings is 1. The van der Waals surface area contributed by atoms with Gasteiger partial charge in [0.05, 0.1) is 18.7 Å². The fourth-order valence-electron chi connectivity index (χ4n) is 1.92. The number of ether oxygens (including phenoxy) is 1. The maximum Gasteiger partial charge on any atom is 0.264 e. The number of hydrogen-bond donors (Lipinski definition) is 2. The molecular weight excluding hydrogens is 342 g/mol. The Labute approximate surface area is 149 Å². The van der Waals surface area contributed by atoms with E-state index < -0.39 is 5.91 Å². The molecule has 1 aromatic heterocycles. The summed E-state index contributed by atoms with van der Waals surface area (Å²) in [4.78, 5) is 13.4. The lowest BCUT2D eigenvalue weighted by Crippen LogP contribution is -2.25. The molecule has 0 bridgehead atoms. The molecule has 0 fully saturated rings. The van der Waals surface area contributed by atoms with Crippen LogP contribution in [0.25, 0.3) is 0 Å². The number of rotatable bonds is 7. The molecule has 1 aromatic carbocycles. The second-order valence-corrected chi connectivity index (χ2v) is 6.49. The Morgan fingerprint density at radius 1 is 1.38 bits per heavy atom. The van der Waals surface area contributed by atoms with Crippen LogP contribution in [0, 0.1) is 11.3 Å². The van der Waals surface area contributed by atoms with E-state index in [1.807, 2.05) is 48.0 Å². The largest absolute Gasteiger partial charge is 0.497 e. The number of anilines is 1. The number of thioether (sulfide) groups is 1. The van der Waals surface area contributed by atoms with Gasteiger partial charge in [-0.2, -0.15) is 5.26 Å². The average Bonchev–Trinajstić information content (AvgIpc) is 3.13. The SMILES string of the molecule is COc1cccc(NC(SC)=C(C#N)C(=O)NCc2cccs2)c1. The number of carbonyl (C=O) groups excluding carboxylic acids is 1. The van der Waals surface area contributed by atoms with Gasteiger partial charge in [0.15, 0.2) is 0 Å². The lowest BCUT2D eigenvalue weighted by molar-refractivity contribution is -0.117. The van der Waals surface area contributed by atoms with Crippen LogP contribution in [0.5, 0.6) is 5.75 Å². The van der Waals surface area contributed by atoms with E-state index in [-0.39, 0.29) is 5.57 Å². The number of amides is 1. The molecule has 0 saturated carbocycles. The normalized spacial score (nSPS) is 11.2. The van der Waals surface area contributed by atoms with Gasteiger partial charge in [0.2, 0.25) is 0 Å². The molecule has 2 aromatic rings. The van der Waals surface area contributed by atoms with E-state index in [0.29, 0.717) is 17.3 Å². The molecule has 24 heavy (non-hydrogen) atoms. The van der Waals surface area contributed by atoms with E-state index in [1.54, 1.807) is 24.5 Å². The van der Waals surface area contributed by atoms with Crippen LogP contribution in [0.3, 0.4) is 0 Å². The van der Waals surface area contributed by atoms with Crippen LogP contribution < -0.4 is 15.4 Å². The molecule has 0 radical (unpaired) electrons. The third-order valence-electron chi connectivity index (χ3n) is 3.10. The van der Waals surface area contributed by atoms with Crippen LogP contribution in [0.4, 0.5) is 5.69 Å². The Hall–Kier alpha value is -2.43. The van der Waals surface area contributed by atoms with Crippen molar-refractivity contribution >= 4 is 34.7 Å². The number of carbonyl (C=O) groups is 1. The number of nitriles is 1. The van der Waals surface area contributed by atoms with Crippen molar-refractivity contribution in [1.82, 2.24) is 5.32 Å². The van der Waals surface area contributed by atoms with E-state index in [4.69, 9.17) is 4.74 Å². The van der Waals surface area contributed by atoms with Gasteiger partial charge >= 0.3 is 0 Å². The predicted molar refractivity (Wildman–Crippen MR) is 98.9 cm³/mol. The molecule has 2 rings (SSSR count). The van der Waals surface area contributed by atoms with E-state index in [1.165, 1.54) is 11.8 Å². The fourth-order valence-corrected chi connectivity index (χ4v) is 3.13. The zero-order chi connectivity index (χ0) is 17.4. The molecule has 5 nitrogen and oxygen atoms in total. The maximum atomic E-state index is 12.3. The quantitative estimate of drug-likeness (QED) is 0.584. The van der Waals surface area contributed by atoms with Gasteiger partial charge in [0.1, 0.15) is 17.4 Å². The summed E-state index contributed by atoms with van der Waals surface area (Å²) in [6.07, 6.45) is 1.81. The number of nitrogens with zero attached hydrogens (tertiary/aromatic N) is 1. The molecule has 1 amide bonds. The summed E-state index contributed by atoms with van der Waals surface area (Å²) in [5.74, 6) is 0.298. The van der Waals surface area contributed by atoms with Crippen molar-refractivity contribution in [3.8, 4) is 11.8 Å². The van der Waals surface area contributed by atoms with E-state index in [2.05, 4.69) is 10.6 Å². The fraction of sp³-hybridized carbons (Fsp3) is 0.176. The van der Waals surface area contributed by atoms with E-state index in [9.17, 15) is 10.1 Å². The van der Waals surface area contributed by atoms with Crippen LogP contribution in [0.2, 0.25) is 0 Å². The number of thiophene rings is 1. The third kappa shape index (κ3) is 4.78. The molecule has 1 heterocycles. The van der Waals surface area contributed by atoms with E-state index >= 15 is 0 Å². The summed E-state index contributed by atoms with van der Waals surface area (Å²) >= 11 is 2.87. The Morgan fingerprint density at radius 3 is 2.83 bits per heavy atom. The van der Waals surface area contributed by atoms with Crippen molar-refractivity contribution in [2.45, 2.75) is 6.54 Å². The molecule has 0 aliphatic heterocycles. The van der Waals surface area contributed by atoms with Crippen molar-refractivity contribution < 1.29 is 9.53 Å². The molecule has 7 heteroatoms. The Morgan fingerprint density at radius 2 is 2.21 bits per heavy atom. The van der Waals surface area contributed by atoms with Gasteiger partial charge in [-0.15, -0.1) is 23.1 Å². The van der Waals surface area contributed by atoms with Crippen molar-refractivity contribution in [3.05, 3.63) is 57.3 Å². The highest BCUT2D eigenvalue weighted by atomic mass is 32.2. The van der Waals surface area contributed by atoms with Gasteiger partial charge in [0.25, 0.3) is 5.91 Å². The van der Waals surface area contributed by atoms with Crippen LogP contribution in [0.15, 0.2) is 52.4 Å². The van der Waals surface area contributed by atoms with Gasteiger partial charge in [-0.3, -0.25) is 4.79 Å². The molecule has 0 aliphatic rings. The summed E-state index contributed by atoms with van der Waals surface area (Å²) in [6, 6.07) is 13.2. The molecule has 2 N–H and O–H groups in total. The standard InChI is InChI=1S/C17H17N3O2S2/c1-22-13-6-3-5-12(9-13)20-17(23-2)15(10-18)16(21)19-11-14-7-4-8-24-14/h3-9,20H,11H2,1-2H3,(H,19,21). The smallest absolute Gasteiger partial charge is 0.264 e. The first kappa shape index (κ1) is 17.9. The molecular formula is C17H17N3O2S2. The molecule has 0 aliphatic carbocycles. The Balaban J connectivity index is 2.15. The van der Waals surface area contributed by atoms with Gasteiger partial charge in [-0.25, -0.2) is 0 Å². The summed E-state index contributed by atoms with van der Waals surface area (Å²) in [5.41, 5.74) is 0.805. The topological polar surface area (TPSA) is 74.1 Å². The van der Waals surface area contributed by atoms with E-state index in [0.717, 1.165) is 10.6 Å². The minimum absolute atomic E-state index is 0.0573. The highest BCUT2D eigenvalue weighted by Crippen LogP contribution is 2.23. The molecule has 124 valence electrons. The second-order valence-electron chi connectivity index (χ2n) is 4.64. The first-order valence-corrected chi connectivity index (χ1v) is 9.18. The summed E-state index contributed by atoms with van der Waals surface area (Å²) < 4.78 is 5.18. The first-order valence-electron chi connectivity index (χ1n) is 7.08. The number of hydrogen-bond acceptors (Lipinski definition) is 6. The van der Waals surface area contributed by atoms with Crippen molar-refractivity contribution in [3.63, 3.8) is 0 Å². The number of nitrogens with one attached hydrogen (secondary N) is 2. The molecule has 0 atom stereocenters. The van der Waals surface area contributed by atoms with Gasteiger partial charge < -0.3 is 15.4 Å². The van der Waals surface area contributed by atoms with Gasteiger partial charge in [0, 0.05) is 16.6 Å². The molecule has 0 spiro atoms. The van der Waals surface area contributed by atoms with Gasteiger partial charge in [-0.1, -0.05) is 12.1 Å². The average molecular weight is 359 g/mol. The van der Waals surface area contributed by atoms with Crippen LogP contribution in [-0.2, 0) is 11.3 Å². The highest BCUT2D eigenvalue weighted by Gasteiger charge is 2.15. The van der Waals surface area contributed by atoms with Crippen molar-refractivity contribution in [2.24, 2.45) is 0 Å². The summed E-state index contributed by atoms with van der Waals surface area (Å²) in [7, 11) is 1.59. The van der Waals surface area contributed by atoms with Crippen LogP contribution in [-0.4, -0.2) is 19.3 Å². The maximum absolute atomic E-state index is 12.3. The number of methoxy groups -OCH3 is 1. The van der Waals surface area contributed by atoms with Crippen LogP contribution >= 0.6 is 23.1 Å². The first-order chi connectivity index (χ1) is 11.7. The zero-order valence-electron chi connectivity index (χ0n) is 13.3. The lowest BCUT2D eigenvalue weighted by Gasteiger charge is -2.12. The van der Waals surface area contributed by atoms with Gasteiger partial charge in [-0.05, 0) is 29.8 Å². The monoisotopic (exact) mass is 359 g/mol. The summed E-state index contributed by atoms with van der Waals surface area (Å²) in [6.45, 7) is 0.405. The second kappa shape index (κ2) is 9.01. The van der Waals surface area contributed by atoms with Crippen molar-refractivity contribution in [1.29, 1.82) is 5.26 Å². The van der Waals surface area contributed by atoms with Crippen LogP contribution in [0.1, 0.15) is 4.88 Å². The van der Waals surface area contributed by atoms with Crippen molar-refractivity contribution in [2.75, 3.05) is 18.7 Å². The minimum Gasteiger partial charge on any atom is -0.497 e. The highest BCUT2D eigenvalue weighted by molar-refractivity contribution is 8.02. The zero-order valence-corrected chi connectivity index (χ0v) is 15.0. The minimum atomic E-state index is -0.398. The third-order valence-corrected chi connectivity index (χ3v) is 4.69.